The average molecular weight is 466 g/mol. The van der Waals surface area contributed by atoms with E-state index in [1.807, 2.05) is 0 Å². The van der Waals surface area contributed by atoms with Gasteiger partial charge in [0.1, 0.15) is 0 Å². The molecule has 1 aliphatic rings. The van der Waals surface area contributed by atoms with Crippen molar-refractivity contribution in [3.05, 3.63) is 54.6 Å². The van der Waals surface area contributed by atoms with E-state index in [0.29, 0.717) is 13.1 Å². The minimum absolute atomic E-state index is 0.0557. The van der Waals surface area contributed by atoms with Crippen molar-refractivity contribution in [3.8, 4) is 0 Å². The summed E-state index contributed by atoms with van der Waals surface area (Å²) in [7, 11) is -7.52. The van der Waals surface area contributed by atoms with Crippen molar-refractivity contribution in [1.29, 1.82) is 0 Å². The summed E-state index contributed by atoms with van der Waals surface area (Å²) in [4.78, 5) is 12.7. The van der Waals surface area contributed by atoms with Gasteiger partial charge in [0.05, 0.1) is 15.8 Å². The maximum absolute atomic E-state index is 13.0. The van der Waals surface area contributed by atoms with Crippen LogP contribution in [0.3, 0.4) is 0 Å². The quantitative estimate of drug-likeness (QED) is 0.653. The predicted molar refractivity (Wildman–Crippen MR) is 119 cm³/mol. The number of hydrogen-bond donors (Lipinski definition) is 2. The van der Waals surface area contributed by atoms with Crippen LogP contribution in [0.25, 0.3) is 0 Å². The molecule has 0 saturated carbocycles. The van der Waals surface area contributed by atoms with Crippen LogP contribution in [0.2, 0.25) is 0 Å². The Balaban J connectivity index is 1.70. The highest BCUT2D eigenvalue weighted by Gasteiger charge is 2.26. The highest BCUT2D eigenvalue weighted by molar-refractivity contribution is 7.89. The highest BCUT2D eigenvalue weighted by Crippen LogP contribution is 2.23. The van der Waals surface area contributed by atoms with Crippen molar-refractivity contribution >= 4 is 31.6 Å². The standard InChI is InChI=1S/C21H27N3O5S2/c1-17(23-30(26,27)19-11-5-4-6-12-19)21(25)22-18-10-9-13-20(16-18)31(28,29)24-14-7-2-3-8-15-24/h4-6,9-13,16-17,23H,2-3,7-8,14-15H2,1H3,(H,22,25). The zero-order valence-corrected chi connectivity index (χ0v) is 19.0. The summed E-state index contributed by atoms with van der Waals surface area (Å²) in [5, 5.41) is 2.59. The smallest absolute Gasteiger partial charge is 0.243 e. The van der Waals surface area contributed by atoms with E-state index in [4.69, 9.17) is 0 Å². The molecule has 1 unspecified atom stereocenters. The molecule has 2 aromatic carbocycles. The first-order chi connectivity index (χ1) is 14.7. The third-order valence-electron chi connectivity index (χ3n) is 5.08. The molecule has 1 heterocycles. The zero-order valence-electron chi connectivity index (χ0n) is 17.3. The number of carbonyl (C=O) groups excluding carboxylic acids is 1. The first kappa shape index (κ1) is 23.4. The topological polar surface area (TPSA) is 113 Å². The Kier molecular flexibility index (Phi) is 7.47. The Hall–Kier alpha value is -2.27. The number of benzene rings is 2. The molecule has 1 amide bonds. The first-order valence-electron chi connectivity index (χ1n) is 10.2. The van der Waals surface area contributed by atoms with Gasteiger partial charge >= 0.3 is 0 Å². The Morgan fingerprint density at radius 1 is 0.871 bits per heavy atom. The van der Waals surface area contributed by atoms with Crippen LogP contribution in [0.5, 0.6) is 0 Å². The fourth-order valence-corrected chi connectivity index (χ4v) is 6.16. The van der Waals surface area contributed by atoms with Crippen molar-refractivity contribution in [2.24, 2.45) is 0 Å². The molecule has 168 valence electrons. The largest absolute Gasteiger partial charge is 0.325 e. The molecule has 10 heteroatoms. The van der Waals surface area contributed by atoms with Gasteiger partial charge in [0.15, 0.2) is 0 Å². The van der Waals surface area contributed by atoms with Crippen LogP contribution in [0, 0.1) is 0 Å². The molecule has 1 fully saturated rings. The predicted octanol–water partition coefficient (Wildman–Crippen LogP) is 2.56. The van der Waals surface area contributed by atoms with E-state index in [9.17, 15) is 21.6 Å². The summed E-state index contributed by atoms with van der Waals surface area (Å²) in [5.74, 6) is -0.594. The lowest BCUT2D eigenvalue weighted by atomic mass is 10.2. The number of anilines is 1. The molecule has 1 aliphatic heterocycles. The molecule has 1 saturated heterocycles. The van der Waals surface area contributed by atoms with Gasteiger partial charge in [-0.05, 0) is 50.1 Å². The van der Waals surface area contributed by atoms with Gasteiger partial charge in [-0.15, -0.1) is 0 Å². The summed E-state index contributed by atoms with van der Waals surface area (Å²) >= 11 is 0. The number of sulfonamides is 2. The van der Waals surface area contributed by atoms with Crippen LogP contribution in [-0.4, -0.2) is 46.2 Å². The molecule has 0 bridgehead atoms. The average Bonchev–Trinajstić information content (AvgIpc) is 3.04. The van der Waals surface area contributed by atoms with Gasteiger partial charge in [-0.25, -0.2) is 16.8 Å². The molecule has 0 radical (unpaired) electrons. The van der Waals surface area contributed by atoms with Gasteiger partial charge in [-0.3, -0.25) is 4.79 Å². The number of rotatable bonds is 7. The monoisotopic (exact) mass is 465 g/mol. The number of nitrogens with one attached hydrogen (secondary N) is 2. The van der Waals surface area contributed by atoms with E-state index >= 15 is 0 Å². The van der Waals surface area contributed by atoms with Crippen molar-refractivity contribution < 1.29 is 21.6 Å². The van der Waals surface area contributed by atoms with Crippen LogP contribution in [-0.2, 0) is 24.8 Å². The Bertz CT molecular complexity index is 1110. The van der Waals surface area contributed by atoms with Crippen molar-refractivity contribution in [2.45, 2.75) is 48.4 Å². The van der Waals surface area contributed by atoms with E-state index < -0.39 is 32.0 Å². The van der Waals surface area contributed by atoms with E-state index in [-0.39, 0.29) is 15.5 Å². The fraction of sp³-hybridized carbons (Fsp3) is 0.381. The van der Waals surface area contributed by atoms with Gasteiger partial charge in [0, 0.05) is 18.8 Å². The molecule has 2 aromatic rings. The molecular formula is C21H27N3O5S2. The maximum atomic E-state index is 13.0. The van der Waals surface area contributed by atoms with E-state index in [0.717, 1.165) is 25.7 Å². The Morgan fingerprint density at radius 2 is 1.48 bits per heavy atom. The third-order valence-corrected chi connectivity index (χ3v) is 8.53. The fourth-order valence-electron chi connectivity index (χ4n) is 3.37. The lowest BCUT2D eigenvalue weighted by Crippen LogP contribution is -2.41. The van der Waals surface area contributed by atoms with Gasteiger partial charge in [-0.2, -0.15) is 9.03 Å². The lowest BCUT2D eigenvalue weighted by molar-refractivity contribution is -0.117. The SMILES string of the molecule is CC(NS(=O)(=O)c1ccccc1)C(=O)Nc1cccc(S(=O)(=O)N2CCCCCC2)c1. The molecule has 1 atom stereocenters. The highest BCUT2D eigenvalue weighted by atomic mass is 32.2. The second-order valence-electron chi connectivity index (χ2n) is 7.49. The maximum Gasteiger partial charge on any atom is 0.243 e. The van der Waals surface area contributed by atoms with Crippen molar-refractivity contribution in [1.82, 2.24) is 9.03 Å². The van der Waals surface area contributed by atoms with Crippen LogP contribution < -0.4 is 10.0 Å². The molecule has 0 aliphatic carbocycles. The van der Waals surface area contributed by atoms with Gasteiger partial charge in [0.2, 0.25) is 26.0 Å². The van der Waals surface area contributed by atoms with Gasteiger partial charge in [0.25, 0.3) is 0 Å². The van der Waals surface area contributed by atoms with Crippen LogP contribution >= 0.6 is 0 Å². The van der Waals surface area contributed by atoms with Crippen LogP contribution in [0.1, 0.15) is 32.6 Å². The summed E-state index contributed by atoms with van der Waals surface area (Å²) < 4.78 is 54.6. The molecule has 8 nitrogen and oxygen atoms in total. The normalized spacial score (nSPS) is 16.9. The Labute approximate surface area is 183 Å². The summed E-state index contributed by atoms with van der Waals surface area (Å²) in [6, 6.07) is 12.7. The second kappa shape index (κ2) is 9.90. The zero-order chi connectivity index (χ0) is 22.5. The molecule has 0 spiro atoms. The van der Waals surface area contributed by atoms with E-state index in [1.165, 1.54) is 35.5 Å². The lowest BCUT2D eigenvalue weighted by Gasteiger charge is -2.20. The van der Waals surface area contributed by atoms with Crippen LogP contribution in [0.15, 0.2) is 64.4 Å². The number of carbonyl (C=O) groups is 1. The molecule has 2 N–H and O–H groups in total. The third kappa shape index (κ3) is 5.91. The molecule has 3 rings (SSSR count). The number of amides is 1. The second-order valence-corrected chi connectivity index (χ2v) is 11.1. The molecule has 0 aromatic heterocycles. The summed E-state index contributed by atoms with van der Waals surface area (Å²) in [6.07, 6.45) is 3.68. The van der Waals surface area contributed by atoms with Crippen molar-refractivity contribution in [2.75, 3.05) is 18.4 Å². The van der Waals surface area contributed by atoms with E-state index in [2.05, 4.69) is 10.0 Å². The molecular weight excluding hydrogens is 438 g/mol. The van der Waals surface area contributed by atoms with Crippen LogP contribution in [0.4, 0.5) is 5.69 Å². The minimum Gasteiger partial charge on any atom is -0.325 e. The number of nitrogens with zero attached hydrogens (tertiary/aromatic N) is 1. The first-order valence-corrected chi connectivity index (χ1v) is 13.1. The Morgan fingerprint density at radius 3 is 2.13 bits per heavy atom. The number of hydrogen-bond acceptors (Lipinski definition) is 5. The van der Waals surface area contributed by atoms with E-state index in [1.54, 1.807) is 30.3 Å². The molecule has 31 heavy (non-hydrogen) atoms. The van der Waals surface area contributed by atoms with Gasteiger partial charge in [-0.1, -0.05) is 37.1 Å². The van der Waals surface area contributed by atoms with Crippen molar-refractivity contribution in [3.63, 3.8) is 0 Å². The minimum atomic E-state index is -3.86. The summed E-state index contributed by atoms with van der Waals surface area (Å²) in [5.41, 5.74) is 0.284. The summed E-state index contributed by atoms with van der Waals surface area (Å²) in [6.45, 7) is 2.39. The van der Waals surface area contributed by atoms with Gasteiger partial charge < -0.3 is 5.32 Å².